The number of hydrogen-bond acceptors (Lipinski definition) is 5. The zero-order valence-electron chi connectivity index (χ0n) is 15.4. The zero-order chi connectivity index (χ0) is 19.1. The van der Waals surface area contributed by atoms with Crippen molar-refractivity contribution in [3.63, 3.8) is 0 Å². The lowest BCUT2D eigenvalue weighted by atomic mass is 10.1. The number of pyridine rings is 1. The first-order valence-electron chi connectivity index (χ1n) is 9.03. The van der Waals surface area contributed by atoms with Crippen molar-refractivity contribution in [1.29, 1.82) is 0 Å². The van der Waals surface area contributed by atoms with Gasteiger partial charge in [-0.05, 0) is 46.1 Å². The Kier molecular flexibility index (Phi) is 7.06. The summed E-state index contributed by atoms with van der Waals surface area (Å²) in [6, 6.07) is 9.79. The van der Waals surface area contributed by atoms with Gasteiger partial charge in [0, 0.05) is 37.8 Å². The number of benzene rings is 1. The molecule has 2 heterocycles. The quantitative estimate of drug-likeness (QED) is 0.726. The fourth-order valence-electron chi connectivity index (χ4n) is 3.03. The van der Waals surface area contributed by atoms with Crippen LogP contribution in [0.25, 0.3) is 0 Å². The second kappa shape index (κ2) is 9.71. The van der Waals surface area contributed by atoms with E-state index in [1.54, 1.807) is 13.3 Å². The number of hydrogen-bond donors (Lipinski definition) is 1. The number of nitrogens with one attached hydrogen (secondary N) is 1. The molecule has 1 aromatic carbocycles. The molecule has 0 unspecified atom stereocenters. The molecule has 1 aliphatic heterocycles. The average molecular weight is 434 g/mol. The predicted octanol–water partition coefficient (Wildman–Crippen LogP) is 2.94. The van der Waals surface area contributed by atoms with Crippen LogP contribution in [-0.4, -0.2) is 44.3 Å². The van der Waals surface area contributed by atoms with Crippen LogP contribution in [-0.2, 0) is 22.5 Å². The van der Waals surface area contributed by atoms with Crippen LogP contribution < -0.4 is 15.0 Å². The summed E-state index contributed by atoms with van der Waals surface area (Å²) in [6.07, 6.45) is 2.90. The molecule has 1 N–H and O–H groups in total. The first-order chi connectivity index (χ1) is 13.2. The van der Waals surface area contributed by atoms with Gasteiger partial charge in [0.2, 0.25) is 5.91 Å². The Bertz CT molecular complexity index is 779. The van der Waals surface area contributed by atoms with E-state index < -0.39 is 0 Å². The van der Waals surface area contributed by atoms with Crippen molar-refractivity contribution in [2.24, 2.45) is 0 Å². The van der Waals surface area contributed by atoms with Crippen molar-refractivity contribution in [1.82, 2.24) is 10.3 Å². The Morgan fingerprint density at radius 2 is 2.15 bits per heavy atom. The van der Waals surface area contributed by atoms with Gasteiger partial charge >= 0.3 is 0 Å². The molecule has 1 aliphatic rings. The molecule has 1 fully saturated rings. The van der Waals surface area contributed by atoms with E-state index in [1.807, 2.05) is 30.3 Å². The summed E-state index contributed by atoms with van der Waals surface area (Å²) in [7, 11) is 1.64. The summed E-state index contributed by atoms with van der Waals surface area (Å²) in [5.41, 5.74) is 2.12. The third-order valence-corrected chi connectivity index (χ3v) is 5.13. The van der Waals surface area contributed by atoms with E-state index in [1.165, 1.54) is 0 Å². The Morgan fingerprint density at radius 1 is 1.33 bits per heavy atom. The number of ether oxygens (including phenoxy) is 2. The molecule has 0 saturated carbocycles. The smallest absolute Gasteiger partial charge is 0.220 e. The predicted molar refractivity (Wildman–Crippen MR) is 108 cm³/mol. The molecule has 1 amide bonds. The number of carbonyl (C=O) groups excluding carboxylic acids is 1. The van der Waals surface area contributed by atoms with E-state index in [9.17, 15) is 4.79 Å². The number of halogens is 1. The Balaban J connectivity index is 1.53. The maximum Gasteiger partial charge on any atom is 0.220 e. The monoisotopic (exact) mass is 433 g/mol. The number of rotatable bonds is 7. The number of carbonyl (C=O) groups is 1. The van der Waals surface area contributed by atoms with E-state index in [2.05, 4.69) is 31.1 Å². The van der Waals surface area contributed by atoms with Crippen LogP contribution in [0, 0.1) is 0 Å². The fourth-order valence-corrected chi connectivity index (χ4v) is 3.62. The molecule has 2 aromatic rings. The number of amides is 1. The number of aromatic nitrogens is 1. The van der Waals surface area contributed by atoms with Gasteiger partial charge in [0.25, 0.3) is 0 Å². The normalized spacial score (nSPS) is 14.1. The number of anilines is 1. The van der Waals surface area contributed by atoms with Gasteiger partial charge in [0.15, 0.2) is 0 Å². The van der Waals surface area contributed by atoms with E-state index in [4.69, 9.17) is 9.47 Å². The highest BCUT2D eigenvalue weighted by Gasteiger charge is 2.16. The molecule has 0 atom stereocenters. The van der Waals surface area contributed by atoms with Crippen LogP contribution in [0.1, 0.15) is 17.5 Å². The molecule has 0 spiro atoms. The molecule has 144 valence electrons. The van der Waals surface area contributed by atoms with E-state index in [-0.39, 0.29) is 5.91 Å². The van der Waals surface area contributed by atoms with Crippen LogP contribution >= 0.6 is 15.9 Å². The summed E-state index contributed by atoms with van der Waals surface area (Å²) < 4.78 is 11.5. The van der Waals surface area contributed by atoms with E-state index >= 15 is 0 Å². The lowest BCUT2D eigenvalue weighted by Crippen LogP contribution is -2.37. The zero-order valence-corrected chi connectivity index (χ0v) is 17.0. The standard InChI is InChI=1S/C20H24BrN3O3/c1-26-18-6-4-15(13-17(18)21)5-7-19(25)23-14-16-3-2-8-22-20(16)24-9-11-27-12-10-24/h2-4,6,8,13H,5,7,9-12,14H2,1H3,(H,23,25). The summed E-state index contributed by atoms with van der Waals surface area (Å²) in [4.78, 5) is 19.0. The van der Waals surface area contributed by atoms with Gasteiger partial charge < -0.3 is 19.7 Å². The van der Waals surface area contributed by atoms with Gasteiger partial charge in [0.05, 0.1) is 24.8 Å². The molecule has 7 heteroatoms. The minimum Gasteiger partial charge on any atom is -0.496 e. The van der Waals surface area contributed by atoms with Crippen LogP contribution in [0.2, 0.25) is 0 Å². The number of methoxy groups -OCH3 is 1. The minimum absolute atomic E-state index is 0.0266. The lowest BCUT2D eigenvalue weighted by Gasteiger charge is -2.29. The average Bonchev–Trinajstić information content (AvgIpc) is 2.71. The molecular formula is C20H24BrN3O3. The van der Waals surface area contributed by atoms with Crippen molar-refractivity contribution in [3.8, 4) is 5.75 Å². The van der Waals surface area contributed by atoms with Crippen molar-refractivity contribution >= 4 is 27.7 Å². The van der Waals surface area contributed by atoms with Gasteiger partial charge in [-0.2, -0.15) is 0 Å². The molecule has 27 heavy (non-hydrogen) atoms. The first kappa shape index (κ1) is 19.6. The third kappa shape index (κ3) is 5.43. The molecule has 0 bridgehead atoms. The largest absolute Gasteiger partial charge is 0.496 e. The minimum atomic E-state index is 0.0266. The highest BCUT2D eigenvalue weighted by Crippen LogP contribution is 2.26. The van der Waals surface area contributed by atoms with Gasteiger partial charge in [-0.25, -0.2) is 4.98 Å². The van der Waals surface area contributed by atoms with Gasteiger partial charge in [-0.15, -0.1) is 0 Å². The van der Waals surface area contributed by atoms with Crippen molar-refractivity contribution in [2.75, 3.05) is 38.3 Å². The van der Waals surface area contributed by atoms with Gasteiger partial charge in [0.1, 0.15) is 11.6 Å². The number of morpholine rings is 1. The van der Waals surface area contributed by atoms with E-state index in [0.717, 1.165) is 40.3 Å². The summed E-state index contributed by atoms with van der Waals surface area (Å²) >= 11 is 3.48. The van der Waals surface area contributed by atoms with Gasteiger partial charge in [-0.1, -0.05) is 12.1 Å². The van der Waals surface area contributed by atoms with E-state index in [0.29, 0.717) is 32.6 Å². The molecule has 3 rings (SSSR count). The van der Waals surface area contributed by atoms with Crippen LogP contribution in [0.4, 0.5) is 5.82 Å². The lowest BCUT2D eigenvalue weighted by molar-refractivity contribution is -0.121. The summed E-state index contributed by atoms with van der Waals surface area (Å²) in [5, 5.41) is 3.01. The molecular weight excluding hydrogens is 410 g/mol. The maximum absolute atomic E-state index is 12.3. The van der Waals surface area contributed by atoms with Crippen LogP contribution in [0.15, 0.2) is 41.0 Å². The molecule has 6 nitrogen and oxygen atoms in total. The number of aryl methyl sites for hydroxylation is 1. The topological polar surface area (TPSA) is 63.7 Å². The molecule has 0 radical (unpaired) electrons. The third-order valence-electron chi connectivity index (χ3n) is 4.51. The molecule has 0 aliphatic carbocycles. The molecule has 1 saturated heterocycles. The summed E-state index contributed by atoms with van der Waals surface area (Å²) in [6.45, 7) is 3.54. The Labute approximate surface area is 168 Å². The highest BCUT2D eigenvalue weighted by molar-refractivity contribution is 9.10. The maximum atomic E-state index is 12.3. The second-order valence-corrected chi connectivity index (χ2v) is 7.19. The van der Waals surface area contributed by atoms with Crippen molar-refractivity contribution < 1.29 is 14.3 Å². The second-order valence-electron chi connectivity index (χ2n) is 6.33. The molecule has 1 aromatic heterocycles. The van der Waals surface area contributed by atoms with Crippen molar-refractivity contribution in [2.45, 2.75) is 19.4 Å². The van der Waals surface area contributed by atoms with Crippen molar-refractivity contribution in [3.05, 3.63) is 52.1 Å². The number of nitrogens with zero attached hydrogens (tertiary/aromatic N) is 2. The SMILES string of the molecule is COc1ccc(CCC(=O)NCc2cccnc2N2CCOCC2)cc1Br. The van der Waals surface area contributed by atoms with Gasteiger partial charge in [-0.3, -0.25) is 4.79 Å². The Morgan fingerprint density at radius 3 is 2.89 bits per heavy atom. The van der Waals surface area contributed by atoms with Crippen LogP contribution in [0.3, 0.4) is 0 Å². The summed E-state index contributed by atoms with van der Waals surface area (Å²) in [5.74, 6) is 1.74. The Hall–Kier alpha value is -2.12. The fraction of sp³-hybridized carbons (Fsp3) is 0.400. The van der Waals surface area contributed by atoms with Crippen LogP contribution in [0.5, 0.6) is 5.75 Å². The highest BCUT2D eigenvalue weighted by atomic mass is 79.9. The first-order valence-corrected chi connectivity index (χ1v) is 9.82.